The molecule has 6 nitrogen and oxygen atoms in total. The molecule has 1 aromatic carbocycles. The molecule has 16 heavy (non-hydrogen) atoms. The summed E-state index contributed by atoms with van der Waals surface area (Å²) < 4.78 is 0. The van der Waals surface area contributed by atoms with Gasteiger partial charge in [0.05, 0.1) is 24.1 Å². The van der Waals surface area contributed by atoms with E-state index >= 15 is 0 Å². The molecule has 1 aliphatic rings. The lowest BCUT2D eigenvalue weighted by molar-refractivity contribution is 0.482. The Morgan fingerprint density at radius 3 is 3.00 bits per heavy atom. The third-order valence-electron chi connectivity index (χ3n) is 2.59. The van der Waals surface area contributed by atoms with Crippen LogP contribution >= 0.6 is 0 Å². The molecule has 1 aliphatic heterocycles. The van der Waals surface area contributed by atoms with Gasteiger partial charge in [-0.1, -0.05) is 0 Å². The van der Waals surface area contributed by atoms with Gasteiger partial charge in [-0.3, -0.25) is 10.0 Å². The maximum Gasteiger partial charge on any atom is 0.181 e. The Morgan fingerprint density at radius 2 is 2.25 bits per heavy atom. The van der Waals surface area contributed by atoms with Crippen molar-refractivity contribution in [3.05, 3.63) is 24.0 Å². The van der Waals surface area contributed by atoms with Crippen molar-refractivity contribution in [1.29, 1.82) is 0 Å². The summed E-state index contributed by atoms with van der Waals surface area (Å²) >= 11 is 0. The van der Waals surface area contributed by atoms with Crippen molar-refractivity contribution in [3.63, 3.8) is 0 Å². The molecule has 0 spiro atoms. The second-order valence-corrected chi connectivity index (χ2v) is 3.76. The molecule has 2 heterocycles. The first-order valence-corrected chi connectivity index (χ1v) is 5.06. The number of amidine groups is 1. The minimum absolute atomic E-state index is 0.695. The van der Waals surface area contributed by atoms with E-state index in [0.29, 0.717) is 23.9 Å². The second kappa shape index (κ2) is 3.21. The second-order valence-electron chi connectivity index (χ2n) is 3.76. The number of hydrazine groups is 1. The fraction of sp³-hybridized carbons (Fsp3) is 0.200. The predicted octanol–water partition coefficient (Wildman–Crippen LogP) is 0.0810. The zero-order valence-corrected chi connectivity index (χ0v) is 8.64. The molecule has 0 atom stereocenters. The van der Waals surface area contributed by atoms with Gasteiger partial charge in [-0.05, 0) is 18.2 Å². The Balaban J connectivity index is 2.12. The highest BCUT2D eigenvalue weighted by molar-refractivity contribution is 5.99. The monoisotopic (exact) mass is 216 g/mol. The quantitative estimate of drug-likeness (QED) is 0.464. The summed E-state index contributed by atoms with van der Waals surface area (Å²) in [5, 5.41) is 1.60. The molecule has 0 fully saturated rings. The van der Waals surface area contributed by atoms with Gasteiger partial charge in [-0.2, -0.15) is 0 Å². The molecule has 3 rings (SSSR count). The van der Waals surface area contributed by atoms with Crippen molar-refractivity contribution in [3.8, 4) is 0 Å². The Kier molecular flexibility index (Phi) is 1.84. The molecule has 5 N–H and O–H groups in total. The number of anilines is 1. The Bertz CT molecular complexity index is 570. The minimum atomic E-state index is 0.695. The van der Waals surface area contributed by atoms with Gasteiger partial charge in [0.15, 0.2) is 11.7 Å². The van der Waals surface area contributed by atoms with E-state index in [-0.39, 0.29) is 0 Å². The fourth-order valence-electron chi connectivity index (χ4n) is 1.80. The SMILES string of the molecule is Nc1ccc2nc(C3=NCCN3N)[nH]c2c1. The molecular formula is C10H12N6. The molecular weight excluding hydrogens is 204 g/mol. The lowest BCUT2D eigenvalue weighted by Crippen LogP contribution is -2.35. The summed E-state index contributed by atoms with van der Waals surface area (Å²) in [5.41, 5.74) is 8.18. The Hall–Kier alpha value is -2.08. The van der Waals surface area contributed by atoms with Gasteiger partial charge in [0.1, 0.15) is 0 Å². The van der Waals surface area contributed by atoms with Crippen LogP contribution in [0, 0.1) is 0 Å². The van der Waals surface area contributed by atoms with E-state index in [0.717, 1.165) is 17.6 Å². The third-order valence-corrected chi connectivity index (χ3v) is 2.59. The Labute approximate surface area is 91.9 Å². The van der Waals surface area contributed by atoms with E-state index in [2.05, 4.69) is 15.0 Å². The first-order chi connectivity index (χ1) is 7.74. The number of hydrogen-bond acceptors (Lipinski definition) is 5. The van der Waals surface area contributed by atoms with Crippen LogP contribution in [0.3, 0.4) is 0 Å². The van der Waals surface area contributed by atoms with Crippen LogP contribution in [-0.2, 0) is 0 Å². The number of imidazole rings is 1. The average Bonchev–Trinajstić information content (AvgIpc) is 2.82. The van der Waals surface area contributed by atoms with Gasteiger partial charge in [0.2, 0.25) is 0 Å². The highest BCUT2D eigenvalue weighted by Crippen LogP contribution is 2.16. The number of aliphatic imine (C=N–C) groups is 1. The number of nitrogens with two attached hydrogens (primary N) is 2. The summed E-state index contributed by atoms with van der Waals surface area (Å²) in [5.74, 6) is 7.18. The van der Waals surface area contributed by atoms with Gasteiger partial charge in [-0.25, -0.2) is 10.8 Å². The number of rotatable bonds is 1. The lowest BCUT2D eigenvalue weighted by atomic mass is 10.3. The summed E-state index contributed by atoms with van der Waals surface area (Å²) in [4.78, 5) is 11.9. The number of nitrogen functional groups attached to an aromatic ring is 1. The van der Waals surface area contributed by atoms with Gasteiger partial charge in [0.25, 0.3) is 0 Å². The van der Waals surface area contributed by atoms with Crippen LogP contribution in [0.5, 0.6) is 0 Å². The zero-order valence-electron chi connectivity index (χ0n) is 8.64. The zero-order chi connectivity index (χ0) is 11.1. The number of benzene rings is 1. The van der Waals surface area contributed by atoms with Crippen molar-refractivity contribution >= 4 is 22.6 Å². The maximum atomic E-state index is 5.78. The normalized spacial score (nSPS) is 15.8. The van der Waals surface area contributed by atoms with Crippen molar-refractivity contribution < 1.29 is 0 Å². The van der Waals surface area contributed by atoms with Crippen molar-refractivity contribution in [2.45, 2.75) is 0 Å². The summed E-state index contributed by atoms with van der Waals surface area (Å²) in [6.45, 7) is 1.44. The molecule has 0 amide bonds. The smallest absolute Gasteiger partial charge is 0.181 e. The van der Waals surface area contributed by atoms with Crippen molar-refractivity contribution in [2.24, 2.45) is 10.8 Å². The molecule has 0 saturated heterocycles. The molecule has 0 bridgehead atoms. The van der Waals surface area contributed by atoms with E-state index < -0.39 is 0 Å². The molecule has 0 saturated carbocycles. The lowest BCUT2D eigenvalue weighted by Gasteiger charge is -2.09. The average molecular weight is 216 g/mol. The predicted molar refractivity (Wildman–Crippen MR) is 62.8 cm³/mol. The minimum Gasteiger partial charge on any atom is -0.399 e. The van der Waals surface area contributed by atoms with E-state index in [1.807, 2.05) is 18.2 Å². The Morgan fingerprint density at radius 1 is 1.38 bits per heavy atom. The number of aromatic nitrogens is 2. The van der Waals surface area contributed by atoms with E-state index in [1.165, 1.54) is 0 Å². The molecule has 0 unspecified atom stereocenters. The molecule has 0 aliphatic carbocycles. The number of aromatic amines is 1. The van der Waals surface area contributed by atoms with E-state index in [9.17, 15) is 0 Å². The summed E-state index contributed by atoms with van der Waals surface area (Å²) in [6, 6.07) is 5.55. The van der Waals surface area contributed by atoms with Crippen LogP contribution in [0.1, 0.15) is 5.82 Å². The number of fused-ring (bicyclic) bond motifs is 1. The van der Waals surface area contributed by atoms with E-state index in [4.69, 9.17) is 11.6 Å². The number of hydrogen-bond donors (Lipinski definition) is 3. The van der Waals surface area contributed by atoms with Crippen molar-refractivity contribution in [1.82, 2.24) is 15.0 Å². The summed E-state index contributed by atoms with van der Waals surface area (Å²) in [7, 11) is 0. The summed E-state index contributed by atoms with van der Waals surface area (Å²) in [6.07, 6.45) is 0. The van der Waals surface area contributed by atoms with Crippen LogP contribution in [0.2, 0.25) is 0 Å². The largest absolute Gasteiger partial charge is 0.399 e. The van der Waals surface area contributed by atoms with Gasteiger partial charge in [0, 0.05) is 5.69 Å². The van der Waals surface area contributed by atoms with Gasteiger partial charge < -0.3 is 10.7 Å². The standard InChI is InChI=1S/C10H12N6/c11-6-1-2-7-8(5-6)15-9(14-7)10-13-3-4-16(10)12/h1-2,5H,3-4,11-12H2,(H,14,15). The number of H-pyrrole nitrogens is 1. The topological polar surface area (TPSA) is 96.3 Å². The first kappa shape index (κ1) is 9.17. The maximum absolute atomic E-state index is 5.78. The molecule has 6 heteroatoms. The van der Waals surface area contributed by atoms with Crippen LogP contribution in [-0.4, -0.2) is 33.9 Å². The highest BCUT2D eigenvalue weighted by Gasteiger charge is 2.18. The highest BCUT2D eigenvalue weighted by atomic mass is 15.5. The molecule has 1 aromatic heterocycles. The molecule has 82 valence electrons. The van der Waals surface area contributed by atoms with Gasteiger partial charge in [-0.15, -0.1) is 0 Å². The van der Waals surface area contributed by atoms with E-state index in [1.54, 1.807) is 5.01 Å². The fourth-order valence-corrected chi connectivity index (χ4v) is 1.80. The number of nitrogens with one attached hydrogen (secondary N) is 1. The van der Waals surface area contributed by atoms with Crippen molar-refractivity contribution in [2.75, 3.05) is 18.8 Å². The van der Waals surface area contributed by atoms with Crippen LogP contribution in [0.4, 0.5) is 5.69 Å². The molecule has 2 aromatic rings. The van der Waals surface area contributed by atoms with Gasteiger partial charge >= 0.3 is 0 Å². The molecule has 0 radical (unpaired) electrons. The first-order valence-electron chi connectivity index (χ1n) is 5.06. The van der Waals surface area contributed by atoms with Crippen LogP contribution in [0.25, 0.3) is 11.0 Å². The van der Waals surface area contributed by atoms with Crippen LogP contribution in [0.15, 0.2) is 23.2 Å². The van der Waals surface area contributed by atoms with Crippen LogP contribution < -0.4 is 11.6 Å². The number of nitrogens with zero attached hydrogens (tertiary/aromatic N) is 3. The third kappa shape index (κ3) is 1.31.